The Labute approximate surface area is 317 Å². The highest BCUT2D eigenvalue weighted by Crippen LogP contribution is 2.34. The van der Waals surface area contributed by atoms with E-state index in [0.717, 1.165) is 41.1 Å². The third-order valence-corrected chi connectivity index (χ3v) is 10.1. The fourth-order valence-corrected chi connectivity index (χ4v) is 7.28. The summed E-state index contributed by atoms with van der Waals surface area (Å²) in [6, 6.07) is 37.0. The smallest absolute Gasteiger partial charge is 0.349 e. The average molecular weight is 753 g/mol. The van der Waals surface area contributed by atoms with Gasteiger partial charge in [-0.3, -0.25) is 9.88 Å². The fraction of sp³-hybridized carbons (Fsp3) is 0.125. The summed E-state index contributed by atoms with van der Waals surface area (Å²) in [6.07, 6.45) is 1.68. The van der Waals surface area contributed by atoms with Crippen molar-refractivity contribution in [1.29, 1.82) is 0 Å². The first-order valence-electron chi connectivity index (χ1n) is 17.2. The van der Waals surface area contributed by atoms with Crippen molar-refractivity contribution in [3.63, 3.8) is 0 Å². The van der Waals surface area contributed by atoms with Crippen molar-refractivity contribution in [3.8, 4) is 23.2 Å². The number of aromatic nitrogens is 6. The van der Waals surface area contributed by atoms with Gasteiger partial charge < -0.3 is 18.5 Å². The number of anilines is 1. The predicted molar refractivity (Wildman–Crippen MR) is 205 cm³/mol. The number of rotatable bonds is 9. The zero-order valence-electron chi connectivity index (χ0n) is 28.4. The van der Waals surface area contributed by atoms with E-state index in [-0.39, 0.29) is 33.9 Å². The van der Waals surface area contributed by atoms with Crippen LogP contribution in [0.1, 0.15) is 17.2 Å². The van der Waals surface area contributed by atoms with Crippen LogP contribution in [0.5, 0.6) is 11.8 Å². The molecular formula is C40H29ClN8O4S. The lowest BCUT2D eigenvalue weighted by molar-refractivity contribution is 0.211. The van der Waals surface area contributed by atoms with Gasteiger partial charge in [-0.15, -0.1) is 10.2 Å². The predicted octanol–water partition coefficient (Wildman–Crippen LogP) is 8.08. The van der Waals surface area contributed by atoms with Crippen LogP contribution in [0.4, 0.5) is 5.95 Å². The lowest BCUT2D eigenvalue weighted by atomic mass is 9.96. The first kappa shape index (κ1) is 33.7. The SMILES string of the molecule is O=c1oc2ccccc2cc1-c1nnc(Sc2nc(Oc3ccnc4ccccc34)nc(N3CCN(C(c4ccccc4)c4ccc(Cl)cc4)CC3)n2)o1. The molecule has 0 spiro atoms. The Bertz CT molecular complexity index is 2650. The molecule has 4 aromatic carbocycles. The van der Waals surface area contributed by atoms with Crippen molar-refractivity contribution in [2.75, 3.05) is 31.1 Å². The van der Waals surface area contributed by atoms with E-state index in [0.29, 0.717) is 35.4 Å². The number of hydrogen-bond donors (Lipinski definition) is 0. The summed E-state index contributed by atoms with van der Waals surface area (Å²) in [5.41, 5.74) is 3.19. The zero-order chi connectivity index (χ0) is 36.4. The number of ether oxygens (including phenoxy) is 1. The molecule has 0 radical (unpaired) electrons. The third-order valence-electron chi connectivity index (χ3n) is 9.11. The summed E-state index contributed by atoms with van der Waals surface area (Å²) in [5.74, 6) is 1.02. The van der Waals surface area contributed by atoms with Crippen LogP contribution < -0.4 is 15.3 Å². The molecule has 12 nitrogen and oxygen atoms in total. The van der Waals surface area contributed by atoms with Crippen LogP contribution in [-0.4, -0.2) is 61.2 Å². The molecule has 54 heavy (non-hydrogen) atoms. The number of benzene rings is 4. The molecule has 1 aliphatic heterocycles. The number of hydrogen-bond acceptors (Lipinski definition) is 13. The molecule has 14 heteroatoms. The third kappa shape index (κ3) is 6.99. The largest absolute Gasteiger partial charge is 0.423 e. The molecular weight excluding hydrogens is 724 g/mol. The van der Waals surface area contributed by atoms with E-state index >= 15 is 0 Å². The lowest BCUT2D eigenvalue weighted by Crippen LogP contribution is -2.48. The Balaban J connectivity index is 1.02. The van der Waals surface area contributed by atoms with Crippen molar-refractivity contribution in [2.45, 2.75) is 16.4 Å². The van der Waals surface area contributed by atoms with E-state index in [1.807, 2.05) is 54.6 Å². The van der Waals surface area contributed by atoms with E-state index in [4.69, 9.17) is 35.1 Å². The summed E-state index contributed by atoms with van der Waals surface area (Å²) in [5, 5.41) is 11.0. The molecule has 1 aliphatic rings. The van der Waals surface area contributed by atoms with Gasteiger partial charge in [0.2, 0.25) is 11.1 Å². The van der Waals surface area contributed by atoms with Gasteiger partial charge in [-0.25, -0.2) is 4.79 Å². The van der Waals surface area contributed by atoms with Crippen LogP contribution in [0.15, 0.2) is 145 Å². The quantitative estimate of drug-likeness (QED) is 0.132. The molecule has 4 aromatic heterocycles. The van der Waals surface area contributed by atoms with Crippen LogP contribution in [0.3, 0.4) is 0 Å². The molecule has 0 aliphatic carbocycles. The zero-order valence-corrected chi connectivity index (χ0v) is 30.0. The minimum absolute atomic E-state index is 0.0239. The molecule has 1 unspecified atom stereocenters. The van der Waals surface area contributed by atoms with Crippen molar-refractivity contribution in [2.24, 2.45) is 0 Å². The minimum atomic E-state index is -0.582. The van der Waals surface area contributed by atoms with Crippen molar-refractivity contribution >= 4 is 51.2 Å². The van der Waals surface area contributed by atoms with E-state index in [9.17, 15) is 4.79 Å². The van der Waals surface area contributed by atoms with E-state index < -0.39 is 5.63 Å². The summed E-state index contributed by atoms with van der Waals surface area (Å²) in [6.45, 7) is 2.77. The number of piperazine rings is 1. The lowest BCUT2D eigenvalue weighted by Gasteiger charge is -2.39. The van der Waals surface area contributed by atoms with Gasteiger partial charge in [-0.05, 0) is 53.6 Å². The molecule has 0 amide bonds. The molecule has 5 heterocycles. The second-order valence-corrected chi connectivity index (χ2v) is 13.8. The van der Waals surface area contributed by atoms with Crippen molar-refractivity contribution in [3.05, 3.63) is 148 Å². The van der Waals surface area contributed by atoms with Crippen molar-refractivity contribution < 1.29 is 13.6 Å². The Morgan fingerprint density at radius 2 is 1.52 bits per heavy atom. The van der Waals surface area contributed by atoms with Crippen LogP contribution in [0.25, 0.3) is 33.3 Å². The Morgan fingerprint density at radius 1 is 0.759 bits per heavy atom. The molecule has 0 bridgehead atoms. The summed E-state index contributed by atoms with van der Waals surface area (Å²) in [7, 11) is 0. The van der Waals surface area contributed by atoms with Gasteiger partial charge in [0.05, 0.1) is 11.6 Å². The standard InChI is InChI=1S/C40H29ClN8O4S/c41-28-16-14-26(15-17-28)34(25-8-2-1-3-9-25)48-20-22-49(23-21-48)37-43-38(52-33-18-19-42-31-12-6-5-11-29(31)33)45-39(44-37)54-40-47-46-35(53-40)30-24-27-10-4-7-13-32(27)51-36(30)50/h1-19,24,34H,20-23H2. The van der Waals surface area contributed by atoms with E-state index in [1.165, 1.54) is 11.1 Å². The van der Waals surface area contributed by atoms with Crippen LogP contribution in [0, 0.1) is 0 Å². The van der Waals surface area contributed by atoms with Gasteiger partial charge in [-0.2, -0.15) is 15.0 Å². The van der Waals surface area contributed by atoms with Gasteiger partial charge in [0.15, 0.2) is 0 Å². The maximum Gasteiger partial charge on any atom is 0.349 e. The first-order chi connectivity index (χ1) is 26.5. The molecule has 9 rings (SSSR count). The van der Waals surface area contributed by atoms with Gasteiger partial charge >= 0.3 is 11.6 Å². The fourth-order valence-electron chi connectivity index (χ4n) is 6.54. The van der Waals surface area contributed by atoms with Gasteiger partial charge in [0.1, 0.15) is 16.9 Å². The van der Waals surface area contributed by atoms with E-state index in [2.05, 4.69) is 66.4 Å². The Kier molecular flexibility index (Phi) is 9.17. The molecule has 0 N–H and O–H groups in total. The molecule has 1 saturated heterocycles. The van der Waals surface area contributed by atoms with E-state index in [1.54, 1.807) is 30.5 Å². The highest BCUT2D eigenvalue weighted by atomic mass is 35.5. The van der Waals surface area contributed by atoms with Crippen molar-refractivity contribution in [1.82, 2.24) is 35.0 Å². The van der Waals surface area contributed by atoms with Crippen LogP contribution in [-0.2, 0) is 0 Å². The number of pyridine rings is 1. The number of nitrogens with zero attached hydrogens (tertiary/aromatic N) is 8. The Hall–Kier alpha value is -6.15. The molecule has 266 valence electrons. The Morgan fingerprint density at radius 3 is 2.37 bits per heavy atom. The monoisotopic (exact) mass is 752 g/mol. The maximum atomic E-state index is 12.8. The topological polar surface area (TPSA) is 136 Å². The second kappa shape index (κ2) is 14.7. The maximum absolute atomic E-state index is 12.8. The van der Waals surface area contributed by atoms with Crippen LogP contribution >= 0.6 is 23.4 Å². The first-order valence-corrected chi connectivity index (χ1v) is 18.4. The summed E-state index contributed by atoms with van der Waals surface area (Å²) in [4.78, 5) is 36.1. The molecule has 1 atom stereocenters. The summed E-state index contributed by atoms with van der Waals surface area (Å²) < 4.78 is 17.8. The number of para-hydroxylation sites is 2. The normalized spacial score (nSPS) is 14.1. The van der Waals surface area contributed by atoms with Crippen LogP contribution in [0.2, 0.25) is 5.02 Å². The second-order valence-electron chi connectivity index (χ2n) is 12.5. The molecule has 0 saturated carbocycles. The average Bonchev–Trinajstić information content (AvgIpc) is 3.67. The number of halogens is 1. The minimum Gasteiger partial charge on any atom is -0.423 e. The van der Waals surface area contributed by atoms with Gasteiger partial charge in [-0.1, -0.05) is 84.4 Å². The van der Waals surface area contributed by atoms with Gasteiger partial charge in [0.25, 0.3) is 11.1 Å². The molecule has 1 fully saturated rings. The highest BCUT2D eigenvalue weighted by molar-refractivity contribution is 7.98. The highest BCUT2D eigenvalue weighted by Gasteiger charge is 2.28. The summed E-state index contributed by atoms with van der Waals surface area (Å²) >= 11 is 7.31. The van der Waals surface area contributed by atoms with Gasteiger partial charge in [0, 0.05) is 59.9 Å². The number of fused-ring (bicyclic) bond motifs is 2. The molecule has 8 aromatic rings.